The van der Waals surface area contributed by atoms with Crippen LogP contribution in [0.2, 0.25) is 0 Å². The van der Waals surface area contributed by atoms with E-state index in [2.05, 4.69) is 4.90 Å². The smallest absolute Gasteiger partial charge is 0.0620 e. The van der Waals surface area contributed by atoms with Crippen molar-refractivity contribution in [2.24, 2.45) is 5.92 Å². The van der Waals surface area contributed by atoms with E-state index < -0.39 is 5.60 Å². The van der Waals surface area contributed by atoms with Crippen molar-refractivity contribution in [1.29, 1.82) is 0 Å². The van der Waals surface area contributed by atoms with Crippen LogP contribution in [0.3, 0.4) is 0 Å². The normalized spacial score (nSPS) is 19.1. The predicted octanol–water partition coefficient (Wildman–Crippen LogP) is 2.14. The lowest BCUT2D eigenvalue weighted by Crippen LogP contribution is -2.42. The summed E-state index contributed by atoms with van der Waals surface area (Å²) in [5.74, 6) is 0.460. The van der Waals surface area contributed by atoms with Crippen LogP contribution < -0.4 is 0 Å². The Labute approximate surface area is 101 Å². The number of ether oxygens (including phenoxy) is 1. The van der Waals surface area contributed by atoms with E-state index in [0.29, 0.717) is 5.92 Å². The van der Waals surface area contributed by atoms with Crippen molar-refractivity contribution in [2.45, 2.75) is 46.1 Å². The topological polar surface area (TPSA) is 32.7 Å². The number of nitrogens with zero attached hydrogens (tertiary/aromatic N) is 1. The minimum absolute atomic E-state index is 0.460. The number of rotatable bonds is 4. The molecule has 0 saturated carbocycles. The van der Waals surface area contributed by atoms with Crippen LogP contribution in [0, 0.1) is 5.92 Å². The number of likely N-dealkylation sites (tertiary alicyclic amines) is 1. The van der Waals surface area contributed by atoms with E-state index >= 15 is 0 Å². The van der Waals surface area contributed by atoms with E-state index in [4.69, 9.17) is 4.74 Å². The monoisotopic (exact) mass is 231 g/mol. The van der Waals surface area contributed by atoms with E-state index in [1.165, 1.54) is 0 Å². The van der Waals surface area contributed by atoms with Gasteiger partial charge < -0.3 is 14.7 Å². The molecule has 1 aliphatic heterocycles. The highest BCUT2D eigenvalue weighted by molar-refractivity contribution is 4.82. The first-order chi connectivity index (χ1) is 7.54. The third-order valence-corrected chi connectivity index (χ3v) is 3.20. The maximum Gasteiger partial charge on any atom is 0.0620 e. The molecule has 0 atom stereocenters. The standard InChI is InChI=1S/C11H23NO2.C2H6/c1-11(2,13)10-4-6-12(7-5-10)8-9-14-3;1-2/h10,13H,4-9H2,1-3H3;1-2H3. The van der Waals surface area contributed by atoms with E-state index in [0.717, 1.165) is 39.1 Å². The van der Waals surface area contributed by atoms with E-state index in [1.807, 2.05) is 27.7 Å². The molecule has 0 unspecified atom stereocenters. The molecule has 0 amide bonds. The Bertz CT molecular complexity index is 158. The van der Waals surface area contributed by atoms with Crippen molar-refractivity contribution < 1.29 is 9.84 Å². The lowest BCUT2D eigenvalue weighted by atomic mass is 9.83. The molecule has 98 valence electrons. The van der Waals surface area contributed by atoms with E-state index in [9.17, 15) is 5.11 Å². The van der Waals surface area contributed by atoms with E-state index in [-0.39, 0.29) is 0 Å². The molecule has 16 heavy (non-hydrogen) atoms. The Balaban J connectivity index is 0.00000106. The molecular formula is C13H29NO2. The van der Waals surface area contributed by atoms with Crippen molar-refractivity contribution in [3.63, 3.8) is 0 Å². The van der Waals surface area contributed by atoms with Crippen LogP contribution in [0.4, 0.5) is 0 Å². The minimum atomic E-state index is -0.507. The first-order valence-corrected chi connectivity index (χ1v) is 6.47. The summed E-state index contributed by atoms with van der Waals surface area (Å²) >= 11 is 0. The van der Waals surface area contributed by atoms with Crippen LogP contribution in [0.15, 0.2) is 0 Å². The number of hydrogen-bond donors (Lipinski definition) is 1. The molecule has 3 heteroatoms. The second-order valence-corrected chi connectivity index (χ2v) is 4.76. The average molecular weight is 231 g/mol. The molecule has 0 spiro atoms. The van der Waals surface area contributed by atoms with Crippen LogP contribution in [-0.2, 0) is 4.74 Å². The Kier molecular flexibility index (Phi) is 7.98. The van der Waals surface area contributed by atoms with Gasteiger partial charge in [-0.25, -0.2) is 0 Å². The molecule has 1 heterocycles. The van der Waals surface area contributed by atoms with Gasteiger partial charge in [-0.15, -0.1) is 0 Å². The Morgan fingerprint density at radius 3 is 2.12 bits per heavy atom. The largest absolute Gasteiger partial charge is 0.390 e. The minimum Gasteiger partial charge on any atom is -0.390 e. The molecule has 0 aliphatic carbocycles. The summed E-state index contributed by atoms with van der Waals surface area (Å²) in [7, 11) is 1.74. The molecule has 1 saturated heterocycles. The van der Waals surface area contributed by atoms with Crippen molar-refractivity contribution in [1.82, 2.24) is 4.90 Å². The Morgan fingerprint density at radius 1 is 1.25 bits per heavy atom. The summed E-state index contributed by atoms with van der Waals surface area (Å²) in [6.45, 7) is 11.9. The zero-order chi connectivity index (χ0) is 12.6. The Morgan fingerprint density at radius 2 is 1.75 bits per heavy atom. The quantitative estimate of drug-likeness (QED) is 0.804. The van der Waals surface area contributed by atoms with Gasteiger partial charge in [-0.1, -0.05) is 13.8 Å². The van der Waals surface area contributed by atoms with Crippen LogP contribution in [0.5, 0.6) is 0 Å². The second kappa shape index (κ2) is 8.04. The van der Waals surface area contributed by atoms with Gasteiger partial charge in [-0.05, 0) is 45.7 Å². The zero-order valence-corrected chi connectivity index (χ0v) is 11.6. The van der Waals surface area contributed by atoms with Gasteiger partial charge in [0.25, 0.3) is 0 Å². The molecule has 0 radical (unpaired) electrons. The highest BCUT2D eigenvalue weighted by Gasteiger charge is 2.30. The molecular weight excluding hydrogens is 202 g/mol. The van der Waals surface area contributed by atoms with Gasteiger partial charge >= 0.3 is 0 Å². The lowest BCUT2D eigenvalue weighted by molar-refractivity contribution is -0.0150. The third kappa shape index (κ3) is 5.83. The summed E-state index contributed by atoms with van der Waals surface area (Å²) in [6.07, 6.45) is 2.21. The van der Waals surface area contributed by atoms with Gasteiger partial charge in [0, 0.05) is 13.7 Å². The van der Waals surface area contributed by atoms with Crippen molar-refractivity contribution >= 4 is 0 Å². The van der Waals surface area contributed by atoms with Crippen molar-refractivity contribution in [3.05, 3.63) is 0 Å². The summed E-state index contributed by atoms with van der Waals surface area (Å²) in [6, 6.07) is 0. The fourth-order valence-corrected chi connectivity index (χ4v) is 2.08. The highest BCUT2D eigenvalue weighted by Crippen LogP contribution is 2.27. The number of methoxy groups -OCH3 is 1. The summed E-state index contributed by atoms with van der Waals surface area (Å²) < 4.78 is 5.05. The maximum absolute atomic E-state index is 9.86. The molecule has 0 aromatic carbocycles. The molecule has 1 rings (SSSR count). The third-order valence-electron chi connectivity index (χ3n) is 3.20. The van der Waals surface area contributed by atoms with E-state index in [1.54, 1.807) is 7.11 Å². The lowest BCUT2D eigenvalue weighted by Gasteiger charge is -2.37. The van der Waals surface area contributed by atoms with Crippen molar-refractivity contribution in [3.8, 4) is 0 Å². The maximum atomic E-state index is 9.86. The van der Waals surface area contributed by atoms with Crippen LogP contribution in [0.1, 0.15) is 40.5 Å². The summed E-state index contributed by atoms with van der Waals surface area (Å²) in [4.78, 5) is 2.41. The zero-order valence-electron chi connectivity index (χ0n) is 11.6. The van der Waals surface area contributed by atoms with Gasteiger partial charge in [-0.3, -0.25) is 0 Å². The van der Waals surface area contributed by atoms with Gasteiger partial charge in [0.05, 0.1) is 12.2 Å². The van der Waals surface area contributed by atoms with Crippen molar-refractivity contribution in [2.75, 3.05) is 33.4 Å². The fraction of sp³-hybridized carbons (Fsp3) is 1.00. The Hall–Kier alpha value is -0.120. The summed E-state index contributed by atoms with van der Waals surface area (Å²) in [5.41, 5.74) is -0.507. The number of piperidine rings is 1. The van der Waals surface area contributed by atoms with Gasteiger partial charge in [0.1, 0.15) is 0 Å². The SMILES string of the molecule is CC.COCCN1CCC(C(C)(C)O)CC1. The number of aliphatic hydroxyl groups is 1. The predicted molar refractivity (Wildman–Crippen MR) is 68.7 cm³/mol. The second-order valence-electron chi connectivity index (χ2n) is 4.76. The highest BCUT2D eigenvalue weighted by atomic mass is 16.5. The molecule has 0 bridgehead atoms. The van der Waals surface area contributed by atoms with Gasteiger partial charge in [-0.2, -0.15) is 0 Å². The van der Waals surface area contributed by atoms with Crippen LogP contribution in [-0.4, -0.2) is 49.0 Å². The molecule has 1 N–H and O–H groups in total. The summed E-state index contributed by atoms with van der Waals surface area (Å²) in [5, 5.41) is 9.86. The number of hydrogen-bond acceptors (Lipinski definition) is 3. The molecule has 0 aromatic heterocycles. The first-order valence-electron chi connectivity index (χ1n) is 6.47. The fourth-order valence-electron chi connectivity index (χ4n) is 2.08. The van der Waals surface area contributed by atoms with Crippen LogP contribution >= 0.6 is 0 Å². The average Bonchev–Trinajstić information content (AvgIpc) is 2.28. The molecule has 0 aromatic rings. The molecule has 1 fully saturated rings. The first kappa shape index (κ1) is 15.9. The van der Waals surface area contributed by atoms with Gasteiger partial charge in [0.15, 0.2) is 0 Å². The van der Waals surface area contributed by atoms with Crippen LogP contribution in [0.25, 0.3) is 0 Å². The molecule has 1 aliphatic rings. The molecule has 3 nitrogen and oxygen atoms in total. The van der Waals surface area contributed by atoms with Gasteiger partial charge in [0.2, 0.25) is 0 Å².